The van der Waals surface area contributed by atoms with E-state index in [1.807, 2.05) is 24.0 Å². The second-order valence-corrected chi connectivity index (χ2v) is 10.2. The maximum Gasteiger partial charge on any atom is 0.341 e. The highest BCUT2D eigenvalue weighted by molar-refractivity contribution is 7.89. The van der Waals surface area contributed by atoms with Gasteiger partial charge in [-0.3, -0.25) is 4.79 Å². The first-order valence-electron chi connectivity index (χ1n) is 10.5. The molecule has 9 heteroatoms. The highest BCUT2D eigenvalue weighted by atomic mass is 32.2. The van der Waals surface area contributed by atoms with E-state index in [0.717, 1.165) is 35.8 Å². The quantitative estimate of drug-likeness (QED) is 0.640. The minimum atomic E-state index is -3.74. The molecule has 0 aromatic heterocycles. The number of nitrogens with zero attached hydrogens (tertiary/aromatic N) is 2. The summed E-state index contributed by atoms with van der Waals surface area (Å²) in [5, 5.41) is 2.76. The van der Waals surface area contributed by atoms with Crippen molar-refractivity contribution in [2.45, 2.75) is 37.7 Å². The minimum Gasteiger partial charge on any atom is -0.449 e. The van der Waals surface area contributed by atoms with Crippen molar-refractivity contribution in [2.75, 3.05) is 37.4 Å². The summed E-state index contributed by atoms with van der Waals surface area (Å²) in [5.41, 5.74) is 2.26. The second kappa shape index (κ2) is 9.70. The van der Waals surface area contributed by atoms with Crippen molar-refractivity contribution in [3.8, 4) is 0 Å². The number of anilines is 2. The van der Waals surface area contributed by atoms with E-state index in [1.165, 1.54) is 33.2 Å². The van der Waals surface area contributed by atoms with E-state index in [-0.39, 0.29) is 10.5 Å². The van der Waals surface area contributed by atoms with Gasteiger partial charge in [-0.2, -0.15) is 0 Å². The van der Waals surface area contributed by atoms with Gasteiger partial charge in [-0.25, -0.2) is 17.5 Å². The predicted octanol–water partition coefficient (Wildman–Crippen LogP) is 3.03. The van der Waals surface area contributed by atoms with Gasteiger partial charge in [0.15, 0.2) is 6.10 Å². The molecule has 0 radical (unpaired) electrons. The number of esters is 1. The van der Waals surface area contributed by atoms with Gasteiger partial charge in [-0.15, -0.1) is 0 Å². The molecule has 2 aromatic carbocycles. The second-order valence-electron chi connectivity index (χ2n) is 8.01. The summed E-state index contributed by atoms with van der Waals surface area (Å²) in [6.45, 7) is 4.89. The van der Waals surface area contributed by atoms with E-state index in [0.29, 0.717) is 11.4 Å². The number of aryl methyl sites for hydroxylation is 1. The van der Waals surface area contributed by atoms with Gasteiger partial charge in [0.05, 0.1) is 16.1 Å². The van der Waals surface area contributed by atoms with Crippen LogP contribution in [0.25, 0.3) is 0 Å². The van der Waals surface area contributed by atoms with Crippen molar-refractivity contribution in [3.63, 3.8) is 0 Å². The third-order valence-electron chi connectivity index (χ3n) is 5.47. The summed E-state index contributed by atoms with van der Waals surface area (Å²) in [4.78, 5) is 27.7. The summed E-state index contributed by atoms with van der Waals surface area (Å²) < 4.78 is 31.7. The molecular formula is C23H29N3O5S. The number of hydrogen-bond donors (Lipinski definition) is 1. The first-order valence-corrected chi connectivity index (χ1v) is 11.9. The van der Waals surface area contributed by atoms with Crippen LogP contribution in [0.5, 0.6) is 0 Å². The van der Waals surface area contributed by atoms with Gasteiger partial charge in [0.25, 0.3) is 5.91 Å². The van der Waals surface area contributed by atoms with Crippen LogP contribution in [0.15, 0.2) is 47.4 Å². The normalized spacial score (nSPS) is 15.0. The van der Waals surface area contributed by atoms with E-state index >= 15 is 0 Å². The highest BCUT2D eigenvalue weighted by Crippen LogP contribution is 2.29. The zero-order chi connectivity index (χ0) is 23.5. The molecule has 0 bridgehead atoms. The molecule has 0 aliphatic carbocycles. The van der Waals surface area contributed by atoms with Crippen LogP contribution in [0.4, 0.5) is 11.4 Å². The molecule has 1 atom stereocenters. The zero-order valence-corrected chi connectivity index (χ0v) is 19.6. The molecule has 1 heterocycles. The summed E-state index contributed by atoms with van der Waals surface area (Å²) in [6, 6.07) is 11.8. The first-order chi connectivity index (χ1) is 15.1. The number of sulfonamides is 1. The third-order valence-corrected chi connectivity index (χ3v) is 7.28. The number of carbonyl (C=O) groups excluding carboxylic acids is 2. The SMILES string of the molecule is Cc1ccccc1NC(=O)C(C)OC(=O)c1cc(S(=O)(=O)N(C)C)ccc1N1CCCC1. The number of ether oxygens (including phenoxy) is 1. The van der Waals surface area contributed by atoms with Gasteiger partial charge in [0.2, 0.25) is 10.0 Å². The molecule has 172 valence electrons. The molecule has 1 unspecified atom stereocenters. The number of amides is 1. The Morgan fingerprint density at radius 2 is 1.75 bits per heavy atom. The van der Waals surface area contributed by atoms with Gasteiger partial charge in [0, 0.05) is 32.9 Å². The third kappa shape index (κ3) is 5.11. The van der Waals surface area contributed by atoms with Gasteiger partial charge in [0.1, 0.15) is 0 Å². The van der Waals surface area contributed by atoms with Gasteiger partial charge in [-0.1, -0.05) is 18.2 Å². The molecule has 2 aromatic rings. The molecule has 1 amide bonds. The predicted molar refractivity (Wildman–Crippen MR) is 123 cm³/mol. The van der Waals surface area contributed by atoms with E-state index in [2.05, 4.69) is 5.32 Å². The van der Waals surface area contributed by atoms with Crippen LogP contribution in [0.1, 0.15) is 35.7 Å². The Kier molecular flexibility index (Phi) is 7.20. The van der Waals surface area contributed by atoms with E-state index < -0.39 is 28.0 Å². The zero-order valence-electron chi connectivity index (χ0n) is 18.8. The Morgan fingerprint density at radius 1 is 1.09 bits per heavy atom. The smallest absolute Gasteiger partial charge is 0.341 e. The van der Waals surface area contributed by atoms with E-state index in [1.54, 1.807) is 18.2 Å². The van der Waals surface area contributed by atoms with Crippen molar-refractivity contribution < 1.29 is 22.7 Å². The summed E-state index contributed by atoms with van der Waals surface area (Å²) in [5.74, 6) is -1.21. The lowest BCUT2D eigenvalue weighted by atomic mass is 10.1. The average Bonchev–Trinajstić information content (AvgIpc) is 3.29. The molecule has 3 rings (SSSR count). The topological polar surface area (TPSA) is 96.0 Å². The van der Waals surface area contributed by atoms with Crippen LogP contribution in [-0.2, 0) is 19.6 Å². The van der Waals surface area contributed by atoms with Gasteiger partial charge < -0.3 is 15.0 Å². The maximum atomic E-state index is 13.1. The van der Waals surface area contributed by atoms with Crippen LogP contribution in [0.3, 0.4) is 0 Å². The number of para-hydroxylation sites is 1. The van der Waals surface area contributed by atoms with Crippen molar-refractivity contribution in [1.82, 2.24) is 4.31 Å². The van der Waals surface area contributed by atoms with Crippen LogP contribution in [0, 0.1) is 6.92 Å². The first kappa shape index (κ1) is 23.7. The molecule has 8 nitrogen and oxygen atoms in total. The van der Waals surface area contributed by atoms with Crippen LogP contribution >= 0.6 is 0 Å². The largest absolute Gasteiger partial charge is 0.449 e. The van der Waals surface area contributed by atoms with Gasteiger partial charge in [-0.05, 0) is 56.5 Å². The molecule has 0 spiro atoms. The van der Waals surface area contributed by atoms with Crippen molar-refractivity contribution in [1.29, 1.82) is 0 Å². The lowest BCUT2D eigenvalue weighted by molar-refractivity contribution is -0.123. The standard InChI is InChI=1S/C23H29N3O5S/c1-16-9-5-6-10-20(16)24-22(27)17(2)31-23(28)19-15-18(32(29,30)25(3)4)11-12-21(19)26-13-7-8-14-26/h5-6,9-12,15,17H,7-8,13-14H2,1-4H3,(H,24,27). The number of carbonyl (C=O) groups is 2. The number of nitrogens with one attached hydrogen (secondary N) is 1. The Labute approximate surface area is 189 Å². The van der Waals surface area contributed by atoms with E-state index in [4.69, 9.17) is 4.74 Å². The van der Waals surface area contributed by atoms with Crippen molar-refractivity contribution >= 4 is 33.3 Å². The molecule has 0 saturated carbocycles. The van der Waals surface area contributed by atoms with Crippen LogP contribution in [-0.4, -0.2) is 57.9 Å². The van der Waals surface area contributed by atoms with Gasteiger partial charge >= 0.3 is 5.97 Å². The molecule has 32 heavy (non-hydrogen) atoms. The lowest BCUT2D eigenvalue weighted by Gasteiger charge is -2.23. The van der Waals surface area contributed by atoms with Crippen LogP contribution in [0.2, 0.25) is 0 Å². The molecule has 1 N–H and O–H groups in total. The lowest BCUT2D eigenvalue weighted by Crippen LogP contribution is -2.31. The molecule has 1 fully saturated rings. The highest BCUT2D eigenvalue weighted by Gasteiger charge is 2.27. The molecule has 1 saturated heterocycles. The Balaban J connectivity index is 1.86. The number of hydrogen-bond acceptors (Lipinski definition) is 6. The summed E-state index contributed by atoms with van der Waals surface area (Å²) in [7, 11) is -0.875. The van der Waals surface area contributed by atoms with E-state index in [9.17, 15) is 18.0 Å². The molecular weight excluding hydrogens is 430 g/mol. The van der Waals surface area contributed by atoms with Crippen LogP contribution < -0.4 is 10.2 Å². The average molecular weight is 460 g/mol. The monoisotopic (exact) mass is 459 g/mol. The fourth-order valence-corrected chi connectivity index (χ4v) is 4.44. The minimum absolute atomic E-state index is 0.00517. The molecule has 1 aliphatic rings. The fraction of sp³-hybridized carbons (Fsp3) is 0.391. The number of rotatable bonds is 7. The fourth-order valence-electron chi connectivity index (χ4n) is 3.51. The summed E-state index contributed by atoms with van der Waals surface area (Å²) in [6.07, 6.45) is 0.908. The Morgan fingerprint density at radius 3 is 2.38 bits per heavy atom. The Hall–Kier alpha value is -2.91. The summed E-state index contributed by atoms with van der Waals surface area (Å²) >= 11 is 0. The van der Waals surface area contributed by atoms with Crippen molar-refractivity contribution in [2.24, 2.45) is 0 Å². The molecule has 1 aliphatic heterocycles. The van der Waals surface area contributed by atoms with Crippen molar-refractivity contribution in [3.05, 3.63) is 53.6 Å². The maximum absolute atomic E-state index is 13.1. The Bertz CT molecular complexity index is 1110. The number of benzene rings is 2.